The predicted molar refractivity (Wildman–Crippen MR) is 456 cm³/mol. The number of hydrogen-bond acceptors (Lipinski definition) is 3. The van der Waals surface area contributed by atoms with Gasteiger partial charge in [0.1, 0.15) is 0 Å². The van der Waals surface area contributed by atoms with Gasteiger partial charge in [-0.25, -0.2) is 0 Å². The van der Waals surface area contributed by atoms with Crippen molar-refractivity contribution in [2.75, 3.05) is 9.80 Å². The van der Waals surface area contributed by atoms with Gasteiger partial charge in [0.05, 0.1) is 32.2 Å². The van der Waals surface area contributed by atoms with E-state index in [0.29, 0.717) is 16.8 Å². The molecule has 0 amide bonds. The molecule has 2 aliphatic heterocycles. The molecule has 0 unspecified atom stereocenters. The lowest BCUT2D eigenvalue weighted by atomic mass is 9.36. The van der Waals surface area contributed by atoms with Gasteiger partial charge in [-0.3, -0.25) is 0 Å². The van der Waals surface area contributed by atoms with E-state index >= 15 is 0 Å². The number of thiophene rings is 1. The molecule has 0 spiro atoms. The van der Waals surface area contributed by atoms with Gasteiger partial charge >= 0.3 is 0 Å². The van der Waals surface area contributed by atoms with Crippen molar-refractivity contribution in [2.45, 2.75) is 105 Å². The summed E-state index contributed by atoms with van der Waals surface area (Å²) >= 11 is 1.81. The van der Waals surface area contributed by atoms with Crippen LogP contribution < -0.4 is 25.5 Å². The molecule has 2 aromatic heterocycles. The van der Waals surface area contributed by atoms with Crippen LogP contribution in [0.3, 0.4) is 0 Å². The van der Waals surface area contributed by atoms with Crippen LogP contribution in [0.15, 0.2) is 291 Å². The van der Waals surface area contributed by atoms with Crippen molar-refractivity contribution < 1.29 is 4.11 Å². The molecular formula is C100H84BN3S. The van der Waals surface area contributed by atoms with Crippen LogP contribution in [0.25, 0.3) is 126 Å². The molecule has 3 nitrogen and oxygen atoms in total. The number of fused-ring (bicyclic) bond motifs is 9. The van der Waals surface area contributed by atoms with Crippen molar-refractivity contribution in [3.05, 3.63) is 313 Å². The van der Waals surface area contributed by atoms with Gasteiger partial charge in [-0.05, 0) is 205 Å². The topological polar surface area (TPSA) is 11.4 Å². The second-order valence-corrected chi connectivity index (χ2v) is 34.5. The summed E-state index contributed by atoms with van der Waals surface area (Å²) in [5.41, 5.74) is 23.6. The Morgan fingerprint density at radius 2 is 0.781 bits per heavy atom. The Bertz CT molecular complexity index is 6380. The maximum Gasteiger partial charge on any atom is 0.264 e. The van der Waals surface area contributed by atoms with E-state index in [1.807, 2.05) is 11.3 Å². The Labute approximate surface area is 626 Å². The highest BCUT2D eigenvalue weighted by atomic mass is 32.1. The van der Waals surface area contributed by atoms with Crippen molar-refractivity contribution >= 4 is 132 Å². The van der Waals surface area contributed by atoms with Crippen LogP contribution in [0.5, 0.6) is 0 Å². The lowest BCUT2D eigenvalue weighted by molar-refractivity contribution is 0.590. The quantitative estimate of drug-likeness (QED) is 0.111. The first-order valence-electron chi connectivity index (χ1n) is 38.7. The number of para-hydroxylation sites is 1. The molecule has 508 valence electrons. The zero-order valence-electron chi connectivity index (χ0n) is 64.8. The van der Waals surface area contributed by atoms with Gasteiger partial charge in [0.15, 0.2) is 0 Å². The largest absolute Gasteiger partial charge is 0.310 e. The fraction of sp³-hybridized carbons (Fsp3) is 0.160. The third-order valence-corrected chi connectivity index (χ3v) is 23.8. The maximum atomic E-state index is 11.9. The van der Waals surface area contributed by atoms with E-state index in [0.717, 1.165) is 132 Å². The second-order valence-electron chi connectivity index (χ2n) is 33.4. The highest BCUT2D eigenvalue weighted by Gasteiger charge is 2.48. The number of benzene rings is 15. The van der Waals surface area contributed by atoms with E-state index in [1.165, 1.54) is 49.0 Å². The summed E-state index contributed by atoms with van der Waals surface area (Å²) in [5.74, 6) is 0. The number of nitrogens with zero attached hydrogens (tertiary/aromatic N) is 3. The summed E-state index contributed by atoms with van der Waals surface area (Å²) in [5, 5.41) is 10.6. The summed E-state index contributed by atoms with van der Waals surface area (Å²) in [4.78, 5) is 5.08. The van der Waals surface area contributed by atoms with Crippen LogP contribution in [0.1, 0.15) is 109 Å². The number of anilines is 6. The molecule has 105 heavy (non-hydrogen) atoms. The van der Waals surface area contributed by atoms with E-state index in [2.05, 4.69) is 370 Å². The molecule has 0 radical (unpaired) electrons. The number of hydrogen-bond donors (Lipinski definition) is 0. The van der Waals surface area contributed by atoms with Gasteiger partial charge in [0.2, 0.25) is 0 Å². The molecule has 0 saturated carbocycles. The minimum absolute atomic E-state index is 0.000922. The molecule has 5 heteroatoms. The van der Waals surface area contributed by atoms with Gasteiger partial charge < -0.3 is 14.4 Å². The molecule has 17 aromatic rings. The summed E-state index contributed by atoms with van der Waals surface area (Å²) in [7, 11) is 0. The van der Waals surface area contributed by atoms with Crippen molar-refractivity contribution in [3.8, 4) is 61.3 Å². The Morgan fingerprint density at radius 1 is 0.324 bits per heavy atom. The Morgan fingerprint density at radius 3 is 1.30 bits per heavy atom. The molecule has 0 N–H and O–H groups in total. The fourth-order valence-electron chi connectivity index (χ4n) is 17.0. The lowest BCUT2D eigenvalue weighted by Gasteiger charge is -2.46. The van der Waals surface area contributed by atoms with Crippen LogP contribution >= 0.6 is 11.3 Å². The average Bonchev–Trinajstić information content (AvgIpc) is 1.37. The molecule has 0 fully saturated rings. The number of rotatable bonds is 8. The summed E-state index contributed by atoms with van der Waals surface area (Å²) in [6.45, 7) is 27.1. The van der Waals surface area contributed by atoms with Crippen LogP contribution in [0.4, 0.5) is 34.1 Å². The average molecular weight is 1370 g/mol. The molecule has 4 heterocycles. The molecule has 2 aliphatic rings. The molecule has 0 saturated heterocycles. The minimum atomic E-state index is -0.623. The maximum absolute atomic E-state index is 11.9. The fourth-order valence-corrected chi connectivity index (χ4v) is 18.4. The van der Waals surface area contributed by atoms with Crippen LogP contribution in [0.2, 0.25) is 0 Å². The second kappa shape index (κ2) is 23.6. The van der Waals surface area contributed by atoms with Gasteiger partial charge in [0, 0.05) is 70.6 Å². The van der Waals surface area contributed by atoms with Crippen LogP contribution in [-0.2, 0) is 21.7 Å². The first-order valence-corrected chi connectivity index (χ1v) is 38.0. The smallest absolute Gasteiger partial charge is 0.264 e. The van der Waals surface area contributed by atoms with E-state index in [9.17, 15) is 4.11 Å². The molecule has 15 aromatic carbocycles. The monoisotopic (exact) mass is 1370 g/mol. The molecule has 0 bridgehead atoms. The Hall–Kier alpha value is -11.2. The normalized spacial score (nSPS) is 13.7. The SMILES string of the molecule is [2H]c1c([2H])c(-n2c3ccccc3c3cc(-c4cc5ccc6cccc7ccc(c4)c5c67)ccc32)c([2H])c2c1B1c3sc4cc(C(C)(C)C)ccc4c3N(c3c(-c4ccccc4)cc(C(C)(C)C)cc3-c3ccccc3)c3cc(C(C)(C)C)cc(c31)N2c1c(-c2ccccc2)cc(C(C)(C)C)cc1-c1ccccc1. The molecular weight excluding hydrogens is 1290 g/mol. The van der Waals surface area contributed by atoms with E-state index < -0.39 is 12.1 Å². The molecule has 0 aliphatic carbocycles. The minimum Gasteiger partial charge on any atom is -0.310 e. The van der Waals surface area contributed by atoms with Gasteiger partial charge in [-0.1, -0.05) is 289 Å². The van der Waals surface area contributed by atoms with Gasteiger partial charge in [-0.2, -0.15) is 0 Å². The van der Waals surface area contributed by atoms with Crippen molar-refractivity contribution in [2.24, 2.45) is 0 Å². The van der Waals surface area contributed by atoms with E-state index in [4.69, 9.17) is 0 Å². The highest BCUT2D eigenvalue weighted by Crippen LogP contribution is 2.57. The zero-order chi connectivity index (χ0) is 74.4. The zero-order valence-corrected chi connectivity index (χ0v) is 62.6. The van der Waals surface area contributed by atoms with E-state index in [1.54, 1.807) is 0 Å². The summed E-state index contributed by atoms with van der Waals surface area (Å²) in [6.07, 6.45) is 0. The predicted octanol–water partition coefficient (Wildman–Crippen LogP) is 26.5. The molecule has 0 atom stereocenters. The van der Waals surface area contributed by atoms with Crippen molar-refractivity contribution in [3.63, 3.8) is 0 Å². The molecule has 19 rings (SSSR count). The van der Waals surface area contributed by atoms with Gasteiger partial charge in [-0.15, -0.1) is 11.3 Å². The van der Waals surface area contributed by atoms with Crippen molar-refractivity contribution in [1.29, 1.82) is 0 Å². The number of aromatic nitrogens is 1. The third-order valence-electron chi connectivity index (χ3n) is 22.6. The first kappa shape index (κ1) is 61.3. The van der Waals surface area contributed by atoms with E-state index in [-0.39, 0.29) is 34.4 Å². The van der Waals surface area contributed by atoms with Crippen LogP contribution in [0, 0.1) is 0 Å². The Balaban J connectivity index is 0.977. The highest BCUT2D eigenvalue weighted by molar-refractivity contribution is 7.33. The van der Waals surface area contributed by atoms with Crippen molar-refractivity contribution in [1.82, 2.24) is 4.57 Å². The van der Waals surface area contributed by atoms with Gasteiger partial charge in [0.25, 0.3) is 6.71 Å². The lowest BCUT2D eigenvalue weighted by Crippen LogP contribution is -2.60. The first-order chi connectivity index (χ1) is 51.9. The Kier molecular flexibility index (Phi) is 13.8. The summed E-state index contributed by atoms with van der Waals surface area (Å²) < 4.78 is 38.9. The summed E-state index contributed by atoms with van der Waals surface area (Å²) in [6, 6.07) is 101. The van der Waals surface area contributed by atoms with Crippen LogP contribution in [-0.4, -0.2) is 11.3 Å². The standard InChI is InChI=1S/C100H84BN3S/c1-97(2,3)71-45-47-77-89(59-71)105-96-95(77)104(94-80(63-32-21-15-22-33-63)55-73(99(7,8)9)56-81(94)64-34-23-16-24-35-64)88-58-74(100(10,11)12)57-87-92(88)101(96)83-48-46-75(60-86(83)103(87)93-78(61-28-17-13-18-29-61)53-72(98(4,5)6)54-79(93)62-30-19-14-20-31-62)102-84-39-26-25-38-76(84)82-52-67(44-49-85(82)102)70-50-68-42-40-65-36-27-37-66-41-43-69(51-70)91(68)90(65)66/h13-60H,1-12H3/i46D,48D,60D. The third kappa shape index (κ3) is 10.4.